The highest BCUT2D eigenvalue weighted by atomic mass is 16.5. The molecule has 1 N–H and O–H groups in total. The Labute approximate surface area is 126 Å². The molecule has 0 saturated carbocycles. The van der Waals surface area contributed by atoms with E-state index >= 15 is 0 Å². The van der Waals surface area contributed by atoms with Gasteiger partial charge in [-0.3, -0.25) is 4.79 Å². The van der Waals surface area contributed by atoms with Crippen molar-refractivity contribution < 1.29 is 4.74 Å². The van der Waals surface area contributed by atoms with E-state index in [4.69, 9.17) is 4.74 Å². The molecule has 0 atom stereocenters. The second-order valence-electron chi connectivity index (χ2n) is 6.46. The largest absolute Gasteiger partial charge is 0.496 e. The minimum Gasteiger partial charge on any atom is -0.496 e. The van der Waals surface area contributed by atoms with Gasteiger partial charge in [-0.2, -0.15) is 0 Å². The van der Waals surface area contributed by atoms with Crippen LogP contribution in [0.25, 0.3) is 11.3 Å². The Bertz CT molecular complexity index is 721. The molecule has 0 radical (unpaired) electrons. The van der Waals surface area contributed by atoms with Gasteiger partial charge in [-0.05, 0) is 37.0 Å². The average molecular weight is 285 g/mol. The van der Waals surface area contributed by atoms with Crippen LogP contribution in [0.5, 0.6) is 5.75 Å². The lowest BCUT2D eigenvalue weighted by Crippen LogP contribution is -2.12. The van der Waals surface area contributed by atoms with E-state index in [1.807, 2.05) is 26.0 Å². The van der Waals surface area contributed by atoms with Crippen molar-refractivity contribution in [2.75, 3.05) is 7.11 Å². The number of benzene rings is 1. The molecule has 0 aliphatic rings. The molecule has 0 saturated heterocycles. The zero-order valence-corrected chi connectivity index (χ0v) is 13.6. The van der Waals surface area contributed by atoms with E-state index in [0.29, 0.717) is 0 Å². The third-order valence-electron chi connectivity index (χ3n) is 3.89. The van der Waals surface area contributed by atoms with Crippen molar-refractivity contribution in [3.63, 3.8) is 0 Å². The summed E-state index contributed by atoms with van der Waals surface area (Å²) in [5.41, 5.74) is 4.65. The number of aromatic nitrogens is 1. The number of rotatable bonds is 2. The highest BCUT2D eigenvalue weighted by molar-refractivity contribution is 5.68. The molecule has 21 heavy (non-hydrogen) atoms. The smallest absolute Gasteiger partial charge is 0.185 e. The molecule has 0 fully saturated rings. The van der Waals surface area contributed by atoms with E-state index in [9.17, 15) is 4.79 Å². The summed E-state index contributed by atoms with van der Waals surface area (Å²) in [5, 5.41) is 0. The van der Waals surface area contributed by atoms with Crippen LogP contribution in [-0.4, -0.2) is 12.1 Å². The first kappa shape index (κ1) is 15.4. The average Bonchev–Trinajstić information content (AvgIpc) is 2.42. The molecule has 2 rings (SSSR count). The van der Waals surface area contributed by atoms with Crippen LogP contribution in [0.1, 0.15) is 37.6 Å². The van der Waals surface area contributed by atoms with Gasteiger partial charge in [0.05, 0.1) is 12.8 Å². The third kappa shape index (κ3) is 3.02. The molecule has 1 aromatic carbocycles. The van der Waals surface area contributed by atoms with Gasteiger partial charge in [-0.15, -0.1) is 0 Å². The van der Waals surface area contributed by atoms with Gasteiger partial charge in [0.1, 0.15) is 5.75 Å². The minimum atomic E-state index is 0.0446. The number of ether oxygens (including phenoxy) is 1. The van der Waals surface area contributed by atoms with Crippen molar-refractivity contribution in [2.45, 2.75) is 40.0 Å². The van der Waals surface area contributed by atoms with Crippen molar-refractivity contribution in [1.82, 2.24) is 4.98 Å². The second-order valence-corrected chi connectivity index (χ2v) is 6.46. The first-order valence-corrected chi connectivity index (χ1v) is 7.13. The maximum absolute atomic E-state index is 12.0. The normalized spacial score (nSPS) is 11.5. The number of aryl methyl sites for hydroxylation is 1. The third-order valence-corrected chi connectivity index (χ3v) is 3.89. The molecule has 3 nitrogen and oxygen atoms in total. The van der Waals surface area contributed by atoms with Crippen LogP contribution < -0.4 is 10.2 Å². The number of methoxy groups -OCH3 is 1. The zero-order valence-electron chi connectivity index (χ0n) is 13.6. The summed E-state index contributed by atoms with van der Waals surface area (Å²) >= 11 is 0. The van der Waals surface area contributed by atoms with Crippen LogP contribution >= 0.6 is 0 Å². The fourth-order valence-corrected chi connectivity index (χ4v) is 2.28. The number of nitrogens with one attached hydrogen (secondary N) is 1. The van der Waals surface area contributed by atoms with Crippen molar-refractivity contribution in [2.24, 2.45) is 0 Å². The molecule has 0 aliphatic carbocycles. The molecular weight excluding hydrogens is 262 g/mol. The summed E-state index contributed by atoms with van der Waals surface area (Å²) in [6.45, 7) is 10.2. The highest BCUT2D eigenvalue weighted by Gasteiger charge is 2.17. The van der Waals surface area contributed by atoms with Gasteiger partial charge < -0.3 is 9.72 Å². The van der Waals surface area contributed by atoms with Crippen LogP contribution in [0, 0.1) is 13.8 Å². The monoisotopic (exact) mass is 285 g/mol. The molecule has 0 spiro atoms. The van der Waals surface area contributed by atoms with Gasteiger partial charge in [0.15, 0.2) is 5.43 Å². The summed E-state index contributed by atoms with van der Waals surface area (Å²) in [6.07, 6.45) is 0. The highest BCUT2D eigenvalue weighted by Crippen LogP contribution is 2.33. The Kier molecular flexibility index (Phi) is 3.95. The summed E-state index contributed by atoms with van der Waals surface area (Å²) in [7, 11) is 1.66. The maximum atomic E-state index is 12.0. The van der Waals surface area contributed by atoms with Gasteiger partial charge in [0, 0.05) is 22.9 Å². The lowest BCUT2D eigenvalue weighted by atomic mass is 9.86. The molecule has 112 valence electrons. The summed E-state index contributed by atoms with van der Waals surface area (Å²) in [5.74, 6) is 0.779. The Morgan fingerprint density at radius 3 is 2.29 bits per heavy atom. The Balaban J connectivity index is 2.62. The Hall–Kier alpha value is -2.03. The van der Waals surface area contributed by atoms with Crippen molar-refractivity contribution >= 4 is 0 Å². The predicted molar refractivity (Wildman–Crippen MR) is 87.2 cm³/mol. The van der Waals surface area contributed by atoms with Crippen LogP contribution in [0.4, 0.5) is 0 Å². The predicted octanol–water partition coefficient (Wildman–Crippen LogP) is 3.96. The molecule has 2 aromatic rings. The molecule has 0 unspecified atom stereocenters. The van der Waals surface area contributed by atoms with E-state index in [-0.39, 0.29) is 10.8 Å². The van der Waals surface area contributed by atoms with Crippen molar-refractivity contribution in [3.8, 4) is 17.0 Å². The Morgan fingerprint density at radius 2 is 1.76 bits per heavy atom. The maximum Gasteiger partial charge on any atom is 0.185 e. The van der Waals surface area contributed by atoms with Crippen LogP contribution in [0.3, 0.4) is 0 Å². The zero-order chi connectivity index (χ0) is 15.8. The number of aromatic amines is 1. The van der Waals surface area contributed by atoms with Gasteiger partial charge in [-0.25, -0.2) is 0 Å². The van der Waals surface area contributed by atoms with Gasteiger partial charge in [0.25, 0.3) is 0 Å². The van der Waals surface area contributed by atoms with Crippen LogP contribution in [0.2, 0.25) is 0 Å². The molecule has 1 aromatic heterocycles. The van der Waals surface area contributed by atoms with E-state index in [2.05, 4.69) is 31.8 Å². The van der Waals surface area contributed by atoms with Gasteiger partial charge in [0.2, 0.25) is 0 Å². The Morgan fingerprint density at radius 1 is 1.10 bits per heavy atom. The fraction of sp³-hybridized carbons (Fsp3) is 0.389. The molecule has 0 aliphatic heterocycles. The SMILES string of the molecule is COc1cc(C(C)(C)C)ccc1-c1cc(=O)c(C)c(C)[nH]1. The fourth-order valence-electron chi connectivity index (χ4n) is 2.28. The topological polar surface area (TPSA) is 42.1 Å². The van der Waals surface area contributed by atoms with E-state index < -0.39 is 0 Å². The molecule has 3 heteroatoms. The minimum absolute atomic E-state index is 0.0446. The van der Waals surface area contributed by atoms with E-state index in [1.54, 1.807) is 13.2 Å². The number of H-pyrrole nitrogens is 1. The lowest BCUT2D eigenvalue weighted by Gasteiger charge is -2.21. The number of pyridine rings is 1. The number of hydrogen-bond donors (Lipinski definition) is 1. The molecule has 0 bridgehead atoms. The first-order chi connectivity index (χ1) is 9.74. The van der Waals surface area contributed by atoms with Crippen LogP contribution in [-0.2, 0) is 5.41 Å². The van der Waals surface area contributed by atoms with E-state index in [0.717, 1.165) is 28.3 Å². The van der Waals surface area contributed by atoms with Crippen LogP contribution in [0.15, 0.2) is 29.1 Å². The van der Waals surface area contributed by atoms with Crippen molar-refractivity contribution in [3.05, 3.63) is 51.3 Å². The van der Waals surface area contributed by atoms with Gasteiger partial charge >= 0.3 is 0 Å². The molecule has 0 amide bonds. The lowest BCUT2D eigenvalue weighted by molar-refractivity contribution is 0.414. The standard InChI is InChI=1S/C18H23NO2/c1-11-12(2)19-15(10-16(11)20)14-8-7-13(18(3,4)5)9-17(14)21-6/h7-10H,1-6H3,(H,19,20). The first-order valence-electron chi connectivity index (χ1n) is 7.13. The summed E-state index contributed by atoms with van der Waals surface area (Å²) in [4.78, 5) is 15.3. The molecule has 1 heterocycles. The summed E-state index contributed by atoms with van der Waals surface area (Å²) < 4.78 is 5.52. The summed E-state index contributed by atoms with van der Waals surface area (Å²) in [6, 6.07) is 7.78. The second kappa shape index (κ2) is 5.40. The quantitative estimate of drug-likeness (QED) is 0.907. The van der Waals surface area contributed by atoms with E-state index in [1.165, 1.54) is 5.56 Å². The van der Waals surface area contributed by atoms with Gasteiger partial charge in [-0.1, -0.05) is 26.8 Å². The number of hydrogen-bond acceptors (Lipinski definition) is 2. The van der Waals surface area contributed by atoms with Crippen molar-refractivity contribution in [1.29, 1.82) is 0 Å². The molecular formula is C18H23NO2.